The van der Waals surface area contributed by atoms with Crippen molar-refractivity contribution < 1.29 is 42.9 Å². The highest BCUT2D eigenvalue weighted by Gasteiger charge is 2.21. The molecule has 9 nitrogen and oxygen atoms in total. The molecule has 0 aliphatic rings. The van der Waals surface area contributed by atoms with Crippen molar-refractivity contribution in [2.24, 2.45) is 0 Å². The van der Waals surface area contributed by atoms with Crippen LogP contribution in [-0.2, 0) is 33.3 Å². The van der Waals surface area contributed by atoms with Gasteiger partial charge in [0.25, 0.3) is 0 Å². The van der Waals surface area contributed by atoms with Crippen LogP contribution in [0.2, 0.25) is 0 Å². The summed E-state index contributed by atoms with van der Waals surface area (Å²) < 4.78 is 22.6. The molecular formula is C53H95NO8. The molecule has 9 heteroatoms. The first kappa shape index (κ1) is 59.2. The molecule has 0 spiro atoms. The van der Waals surface area contributed by atoms with Crippen LogP contribution in [-0.4, -0.2) is 82.3 Å². The fourth-order valence-electron chi connectivity index (χ4n) is 6.83. The maximum Gasteiger partial charge on any atom is 0.306 e. The van der Waals surface area contributed by atoms with Crippen molar-refractivity contribution in [2.45, 2.75) is 225 Å². The van der Waals surface area contributed by atoms with Crippen LogP contribution in [0.1, 0.15) is 213 Å². The molecule has 0 heterocycles. The van der Waals surface area contributed by atoms with Crippen molar-refractivity contribution >= 4 is 17.9 Å². The van der Waals surface area contributed by atoms with Gasteiger partial charge in [0.15, 0.2) is 12.4 Å². The van der Waals surface area contributed by atoms with Crippen LogP contribution in [0, 0.1) is 0 Å². The number of unbranched alkanes of at least 4 members (excludes halogenated alkanes) is 23. The number of rotatable bonds is 46. The fraction of sp³-hybridized carbons (Fsp3) is 0.792. The van der Waals surface area contributed by atoms with Crippen molar-refractivity contribution in [3.05, 3.63) is 48.6 Å². The van der Waals surface area contributed by atoms with Gasteiger partial charge in [-0.25, -0.2) is 0 Å². The molecule has 360 valence electrons. The molecule has 0 bridgehead atoms. The van der Waals surface area contributed by atoms with E-state index in [1.54, 1.807) is 0 Å². The maximum absolute atomic E-state index is 12.8. The second-order valence-electron chi connectivity index (χ2n) is 18.1. The number of hydrogen-bond acceptors (Lipinski definition) is 8. The number of carbonyl (C=O) groups is 3. The Bertz CT molecular complexity index is 1160. The summed E-state index contributed by atoms with van der Waals surface area (Å²) in [7, 11) is 5.91. The van der Waals surface area contributed by atoms with Gasteiger partial charge >= 0.3 is 11.9 Å². The number of carbonyl (C=O) groups excluding carboxylic acids is 3. The van der Waals surface area contributed by atoms with E-state index in [2.05, 4.69) is 62.5 Å². The lowest BCUT2D eigenvalue weighted by molar-refractivity contribution is -0.870. The van der Waals surface area contributed by atoms with Crippen molar-refractivity contribution in [1.29, 1.82) is 0 Å². The van der Waals surface area contributed by atoms with Gasteiger partial charge in [0.1, 0.15) is 13.2 Å². The van der Waals surface area contributed by atoms with Crippen LogP contribution < -0.4 is 5.11 Å². The van der Waals surface area contributed by atoms with Crippen LogP contribution >= 0.6 is 0 Å². The number of aliphatic carboxylic acids is 1. The van der Waals surface area contributed by atoms with Crippen molar-refractivity contribution in [2.75, 3.05) is 47.5 Å². The Morgan fingerprint density at radius 3 is 1.34 bits per heavy atom. The number of carboxylic acid groups (broad SMARTS) is 1. The number of ether oxygens (including phenoxy) is 4. The lowest BCUT2D eigenvalue weighted by Crippen LogP contribution is -2.44. The van der Waals surface area contributed by atoms with E-state index in [9.17, 15) is 19.5 Å². The highest BCUT2D eigenvalue weighted by molar-refractivity contribution is 5.70. The van der Waals surface area contributed by atoms with Crippen molar-refractivity contribution in [3.8, 4) is 0 Å². The molecule has 0 aromatic heterocycles. The minimum atomic E-state index is -1.63. The first-order valence-electron chi connectivity index (χ1n) is 25.3. The highest BCUT2D eigenvalue weighted by Crippen LogP contribution is 2.14. The molecule has 2 atom stereocenters. The summed E-state index contributed by atoms with van der Waals surface area (Å²) >= 11 is 0. The molecule has 0 aliphatic carbocycles. The third-order valence-electron chi connectivity index (χ3n) is 10.8. The zero-order chi connectivity index (χ0) is 45.6. The van der Waals surface area contributed by atoms with E-state index in [0.717, 1.165) is 83.5 Å². The average Bonchev–Trinajstić information content (AvgIpc) is 3.23. The normalized spacial score (nSPS) is 13.2. The predicted octanol–water partition coefficient (Wildman–Crippen LogP) is 12.6. The molecule has 0 saturated heterocycles. The third-order valence-corrected chi connectivity index (χ3v) is 10.8. The molecular weight excluding hydrogens is 779 g/mol. The van der Waals surface area contributed by atoms with Gasteiger partial charge < -0.3 is 33.3 Å². The Morgan fingerprint density at radius 2 is 0.871 bits per heavy atom. The first-order valence-corrected chi connectivity index (χ1v) is 25.3. The van der Waals surface area contributed by atoms with Gasteiger partial charge in [0, 0.05) is 12.8 Å². The summed E-state index contributed by atoms with van der Waals surface area (Å²) in [4.78, 5) is 37.1. The number of hydrogen-bond donors (Lipinski definition) is 0. The van der Waals surface area contributed by atoms with Gasteiger partial charge in [0.2, 0.25) is 0 Å². The Labute approximate surface area is 381 Å². The molecule has 0 N–H and O–H groups in total. The molecule has 0 rings (SSSR count). The smallest absolute Gasteiger partial charge is 0.306 e. The Hall–Kier alpha value is -2.75. The van der Waals surface area contributed by atoms with E-state index in [1.807, 2.05) is 21.1 Å². The average molecular weight is 874 g/mol. The van der Waals surface area contributed by atoms with Gasteiger partial charge in [-0.1, -0.05) is 172 Å². The van der Waals surface area contributed by atoms with E-state index >= 15 is 0 Å². The molecule has 0 aromatic rings. The second kappa shape index (κ2) is 44.8. The van der Waals surface area contributed by atoms with Gasteiger partial charge in [-0.3, -0.25) is 9.59 Å². The van der Waals surface area contributed by atoms with Crippen molar-refractivity contribution in [3.63, 3.8) is 0 Å². The van der Waals surface area contributed by atoms with E-state index in [1.165, 1.54) is 96.3 Å². The Morgan fingerprint density at radius 1 is 0.484 bits per heavy atom. The molecule has 0 radical (unpaired) electrons. The fourth-order valence-corrected chi connectivity index (χ4v) is 6.83. The number of carboxylic acids is 1. The topological polar surface area (TPSA) is 111 Å². The van der Waals surface area contributed by atoms with Gasteiger partial charge in [-0.15, -0.1) is 0 Å². The zero-order valence-corrected chi connectivity index (χ0v) is 40.7. The largest absolute Gasteiger partial charge is 0.545 e. The molecule has 0 amide bonds. The molecule has 2 unspecified atom stereocenters. The molecule has 0 fully saturated rings. The number of quaternary nitrogens is 1. The summed E-state index contributed by atoms with van der Waals surface area (Å²) in [6.45, 7) is 4.70. The van der Waals surface area contributed by atoms with Gasteiger partial charge in [-0.05, 0) is 77.0 Å². The molecule has 0 saturated carbocycles. The lowest BCUT2D eigenvalue weighted by Gasteiger charge is -2.26. The Kier molecular flexibility index (Phi) is 42.9. The number of allylic oxidation sites excluding steroid dienone is 8. The summed E-state index contributed by atoms with van der Waals surface area (Å²) in [5, 5.41) is 11.7. The number of nitrogens with zero attached hydrogens (tertiary/aromatic N) is 1. The maximum atomic E-state index is 12.8. The van der Waals surface area contributed by atoms with Crippen molar-refractivity contribution in [1.82, 2.24) is 0 Å². The quantitative estimate of drug-likeness (QED) is 0.0195. The SMILES string of the molecule is CCCCC/C=C\C/C=C\C/C=C\CCCCCCCCC(=O)OC(COC(=O)CCCCCCCCC/C=C\CCCCCCCCC)COC(OCC[N+](C)(C)C)C(=O)[O-]. The standard InChI is InChI=1S/C53H95NO8/c1-6-8-10-12-14-16-18-20-22-24-26-28-30-32-34-36-38-40-42-44-51(56)62-49(48-61-53(52(57)58)59-46-45-54(3,4)5)47-60-50(55)43-41-39-37-35-33-31-29-27-25-23-21-19-17-15-13-11-9-7-2/h14,16,20,22-23,25-26,28,49,53H,6-13,15,17-19,21,24,27,29-48H2,1-5H3/b16-14-,22-20-,25-23-,28-26-. The highest BCUT2D eigenvalue weighted by atomic mass is 16.7. The van der Waals surface area contributed by atoms with Crippen LogP contribution in [0.3, 0.4) is 0 Å². The lowest BCUT2D eigenvalue weighted by atomic mass is 10.1. The monoisotopic (exact) mass is 874 g/mol. The summed E-state index contributed by atoms with van der Waals surface area (Å²) in [5.41, 5.74) is 0. The van der Waals surface area contributed by atoms with E-state index in [0.29, 0.717) is 17.4 Å². The minimum Gasteiger partial charge on any atom is -0.545 e. The summed E-state index contributed by atoms with van der Waals surface area (Å²) in [5.74, 6) is -2.31. The van der Waals surface area contributed by atoms with Gasteiger partial charge in [0.05, 0.1) is 40.3 Å². The van der Waals surface area contributed by atoms with E-state index in [4.69, 9.17) is 18.9 Å². The zero-order valence-electron chi connectivity index (χ0n) is 40.7. The molecule has 62 heavy (non-hydrogen) atoms. The van der Waals surface area contributed by atoms with Crippen LogP contribution in [0.5, 0.6) is 0 Å². The number of likely N-dealkylation sites (N-methyl/N-ethyl adjacent to an activating group) is 1. The van der Waals surface area contributed by atoms with Crippen LogP contribution in [0.15, 0.2) is 48.6 Å². The summed E-state index contributed by atoms with van der Waals surface area (Å²) in [6.07, 6.45) is 49.9. The van der Waals surface area contributed by atoms with E-state index in [-0.39, 0.29) is 38.6 Å². The Balaban J connectivity index is 4.39. The molecule has 0 aliphatic heterocycles. The number of esters is 2. The summed E-state index contributed by atoms with van der Waals surface area (Å²) in [6, 6.07) is 0. The molecule has 0 aromatic carbocycles. The van der Waals surface area contributed by atoms with Crippen LogP contribution in [0.4, 0.5) is 0 Å². The minimum absolute atomic E-state index is 0.143. The van der Waals surface area contributed by atoms with Crippen LogP contribution in [0.25, 0.3) is 0 Å². The second-order valence-corrected chi connectivity index (χ2v) is 18.1. The third kappa shape index (κ3) is 45.3. The first-order chi connectivity index (χ1) is 30.1. The van der Waals surface area contributed by atoms with E-state index < -0.39 is 24.3 Å². The predicted molar refractivity (Wildman–Crippen MR) is 255 cm³/mol. The van der Waals surface area contributed by atoms with Gasteiger partial charge in [-0.2, -0.15) is 0 Å².